The predicted molar refractivity (Wildman–Crippen MR) is 85.2 cm³/mol. The van der Waals surface area contributed by atoms with Crippen molar-refractivity contribution in [3.8, 4) is 11.3 Å². The maximum atomic E-state index is 13.0. The Morgan fingerprint density at radius 1 is 1.22 bits per heavy atom. The zero-order chi connectivity index (χ0) is 16.1. The number of nitrogens with one attached hydrogen (secondary N) is 1. The van der Waals surface area contributed by atoms with Crippen LogP contribution >= 0.6 is 0 Å². The van der Waals surface area contributed by atoms with Crippen molar-refractivity contribution in [2.24, 2.45) is 0 Å². The molecular formula is C18H21FN2O2. The number of carbonyl (C=O) groups is 1. The van der Waals surface area contributed by atoms with Gasteiger partial charge in [-0.05, 0) is 43.5 Å². The summed E-state index contributed by atoms with van der Waals surface area (Å²) < 4.78 is 18.3. The summed E-state index contributed by atoms with van der Waals surface area (Å²) in [5.41, 5.74) is 1.64. The molecule has 0 radical (unpaired) electrons. The summed E-state index contributed by atoms with van der Waals surface area (Å²) in [6.07, 6.45) is 8.44. The monoisotopic (exact) mass is 316 g/mol. The first-order chi connectivity index (χ1) is 11.2. The van der Waals surface area contributed by atoms with Crippen molar-refractivity contribution in [1.29, 1.82) is 0 Å². The molecule has 1 aromatic heterocycles. The molecule has 1 aliphatic rings. The minimum absolute atomic E-state index is 0.0724. The molecule has 1 saturated carbocycles. The van der Waals surface area contributed by atoms with Gasteiger partial charge in [-0.1, -0.05) is 24.4 Å². The molecule has 1 amide bonds. The molecule has 0 spiro atoms. The number of benzene rings is 1. The molecule has 3 rings (SSSR count). The van der Waals surface area contributed by atoms with Crippen molar-refractivity contribution in [3.05, 3.63) is 41.8 Å². The zero-order valence-corrected chi connectivity index (χ0v) is 13.1. The topological polar surface area (TPSA) is 55.1 Å². The van der Waals surface area contributed by atoms with Crippen LogP contribution in [0.4, 0.5) is 4.39 Å². The van der Waals surface area contributed by atoms with Gasteiger partial charge in [0.05, 0.1) is 6.20 Å². The number of aromatic nitrogens is 1. The van der Waals surface area contributed by atoms with Gasteiger partial charge in [0.2, 0.25) is 5.91 Å². The van der Waals surface area contributed by atoms with Gasteiger partial charge >= 0.3 is 0 Å². The summed E-state index contributed by atoms with van der Waals surface area (Å²) in [7, 11) is 0. The summed E-state index contributed by atoms with van der Waals surface area (Å²) in [6, 6.07) is 6.41. The molecule has 4 nitrogen and oxygen atoms in total. The third kappa shape index (κ3) is 4.18. The molecule has 1 N–H and O–H groups in total. The van der Waals surface area contributed by atoms with Gasteiger partial charge in [-0.2, -0.15) is 0 Å². The molecule has 2 aromatic rings. The third-order valence-corrected chi connectivity index (χ3v) is 4.34. The first-order valence-corrected chi connectivity index (χ1v) is 8.21. The number of rotatable bonds is 5. The lowest BCUT2D eigenvalue weighted by molar-refractivity contribution is -0.121. The van der Waals surface area contributed by atoms with Crippen LogP contribution in [-0.4, -0.2) is 17.1 Å². The highest BCUT2D eigenvalue weighted by Crippen LogP contribution is 2.25. The lowest BCUT2D eigenvalue weighted by Gasteiger charge is -2.22. The van der Waals surface area contributed by atoms with Crippen molar-refractivity contribution < 1.29 is 13.7 Å². The van der Waals surface area contributed by atoms with E-state index in [1.54, 1.807) is 18.3 Å². The summed E-state index contributed by atoms with van der Waals surface area (Å²) in [4.78, 5) is 12.1. The van der Waals surface area contributed by atoms with Crippen molar-refractivity contribution in [1.82, 2.24) is 10.5 Å². The Morgan fingerprint density at radius 3 is 2.70 bits per heavy atom. The molecule has 0 atom stereocenters. The minimum atomic E-state index is -0.290. The fourth-order valence-electron chi connectivity index (χ4n) is 3.07. The lowest BCUT2D eigenvalue weighted by atomic mass is 9.95. The van der Waals surface area contributed by atoms with Crippen molar-refractivity contribution in [2.75, 3.05) is 0 Å². The Labute approximate surface area is 135 Å². The van der Waals surface area contributed by atoms with Gasteiger partial charge in [0.1, 0.15) is 5.82 Å². The number of halogens is 1. The highest BCUT2D eigenvalue weighted by Gasteiger charge is 2.17. The van der Waals surface area contributed by atoms with Gasteiger partial charge in [0, 0.05) is 23.6 Å². The predicted octanol–water partition coefficient (Wildman–Crippen LogP) is 3.86. The molecule has 0 aliphatic heterocycles. The highest BCUT2D eigenvalue weighted by molar-refractivity contribution is 5.77. The van der Waals surface area contributed by atoms with E-state index >= 15 is 0 Å². The van der Waals surface area contributed by atoms with Crippen LogP contribution in [0.1, 0.15) is 44.1 Å². The molecule has 122 valence electrons. The molecule has 1 aliphatic carbocycles. The van der Waals surface area contributed by atoms with Crippen LogP contribution in [0.15, 0.2) is 35.0 Å². The van der Waals surface area contributed by atoms with Crippen LogP contribution in [0.2, 0.25) is 0 Å². The summed E-state index contributed by atoms with van der Waals surface area (Å²) in [5.74, 6) is 0.389. The molecule has 1 fully saturated rings. The Balaban J connectivity index is 1.57. The first-order valence-electron chi connectivity index (χ1n) is 8.21. The zero-order valence-electron chi connectivity index (χ0n) is 13.1. The lowest BCUT2D eigenvalue weighted by Crippen LogP contribution is -2.36. The van der Waals surface area contributed by atoms with Gasteiger partial charge in [0.15, 0.2) is 5.76 Å². The van der Waals surface area contributed by atoms with Gasteiger partial charge in [0.25, 0.3) is 0 Å². The highest BCUT2D eigenvalue weighted by atomic mass is 19.1. The maximum Gasteiger partial charge on any atom is 0.220 e. The second-order valence-corrected chi connectivity index (χ2v) is 6.09. The average molecular weight is 316 g/mol. The molecule has 1 aromatic carbocycles. The number of hydrogen-bond donors (Lipinski definition) is 1. The van der Waals surface area contributed by atoms with Crippen LogP contribution in [0.5, 0.6) is 0 Å². The Bertz CT molecular complexity index is 645. The van der Waals surface area contributed by atoms with Gasteiger partial charge in [-0.3, -0.25) is 4.79 Å². The average Bonchev–Trinajstić information content (AvgIpc) is 3.03. The van der Waals surface area contributed by atoms with E-state index in [9.17, 15) is 9.18 Å². The van der Waals surface area contributed by atoms with Gasteiger partial charge in [-0.15, -0.1) is 0 Å². The van der Waals surface area contributed by atoms with Gasteiger partial charge in [-0.25, -0.2) is 4.39 Å². The molecule has 0 unspecified atom stereocenters. The number of aryl methyl sites for hydroxylation is 1. The molecule has 0 saturated heterocycles. The van der Waals surface area contributed by atoms with Crippen molar-refractivity contribution in [3.63, 3.8) is 0 Å². The third-order valence-electron chi connectivity index (χ3n) is 4.34. The maximum absolute atomic E-state index is 13.0. The number of amides is 1. The number of hydrogen-bond acceptors (Lipinski definition) is 3. The largest absolute Gasteiger partial charge is 0.356 e. The Hall–Kier alpha value is -2.17. The van der Waals surface area contributed by atoms with Crippen LogP contribution in [0.25, 0.3) is 11.3 Å². The van der Waals surface area contributed by atoms with E-state index in [0.717, 1.165) is 24.0 Å². The normalized spacial score (nSPS) is 15.5. The molecule has 5 heteroatoms. The quantitative estimate of drug-likeness (QED) is 0.911. The van der Waals surface area contributed by atoms with Crippen molar-refractivity contribution >= 4 is 5.91 Å². The second-order valence-electron chi connectivity index (χ2n) is 6.09. The standard InChI is InChI=1S/C18H21FN2O2/c19-15-9-6-13(7-10-15)18-14(12-20-23-18)8-11-17(22)21-16-4-2-1-3-5-16/h6-7,9-10,12,16H,1-5,8,11H2,(H,21,22). The van der Waals surface area contributed by atoms with E-state index in [1.807, 2.05) is 0 Å². The van der Waals surface area contributed by atoms with E-state index < -0.39 is 0 Å². The molecule has 1 heterocycles. The Morgan fingerprint density at radius 2 is 1.96 bits per heavy atom. The Kier molecular flexibility index (Phi) is 5.05. The van der Waals surface area contributed by atoms with E-state index in [-0.39, 0.29) is 11.7 Å². The fraction of sp³-hybridized carbons (Fsp3) is 0.444. The second kappa shape index (κ2) is 7.40. The minimum Gasteiger partial charge on any atom is -0.356 e. The van der Waals surface area contributed by atoms with Crippen LogP contribution in [0, 0.1) is 5.82 Å². The smallest absolute Gasteiger partial charge is 0.220 e. The van der Waals surface area contributed by atoms with Crippen LogP contribution in [0.3, 0.4) is 0 Å². The van der Waals surface area contributed by atoms with E-state index in [2.05, 4.69) is 10.5 Å². The SMILES string of the molecule is O=C(CCc1cnoc1-c1ccc(F)cc1)NC1CCCCC1. The van der Waals surface area contributed by atoms with Crippen LogP contribution in [-0.2, 0) is 11.2 Å². The van der Waals surface area contributed by atoms with Crippen LogP contribution < -0.4 is 5.32 Å². The summed E-state index contributed by atoms with van der Waals surface area (Å²) in [6.45, 7) is 0. The molecule has 23 heavy (non-hydrogen) atoms. The van der Waals surface area contributed by atoms with Crippen molar-refractivity contribution in [2.45, 2.75) is 51.0 Å². The van der Waals surface area contributed by atoms with E-state index in [4.69, 9.17) is 4.52 Å². The fourth-order valence-corrected chi connectivity index (χ4v) is 3.07. The number of carbonyl (C=O) groups excluding carboxylic acids is 1. The van der Waals surface area contributed by atoms with E-state index in [0.29, 0.717) is 24.6 Å². The summed E-state index contributed by atoms with van der Waals surface area (Å²) in [5, 5.41) is 6.92. The first kappa shape index (κ1) is 15.7. The summed E-state index contributed by atoms with van der Waals surface area (Å²) >= 11 is 0. The number of nitrogens with zero attached hydrogens (tertiary/aromatic N) is 1. The molecule has 0 bridgehead atoms. The van der Waals surface area contributed by atoms with Gasteiger partial charge < -0.3 is 9.84 Å². The molecular weight excluding hydrogens is 295 g/mol. The van der Waals surface area contributed by atoms with E-state index in [1.165, 1.54) is 31.4 Å².